The summed E-state index contributed by atoms with van der Waals surface area (Å²) in [7, 11) is 0. The summed E-state index contributed by atoms with van der Waals surface area (Å²) < 4.78 is 0. The molecular formula is C13H20N2O2. The average Bonchev–Trinajstić information content (AvgIpc) is 2.34. The third kappa shape index (κ3) is 4.95. The summed E-state index contributed by atoms with van der Waals surface area (Å²) in [5, 5.41) is 11.5. The highest BCUT2D eigenvalue weighted by Crippen LogP contribution is 2.03. The Morgan fingerprint density at radius 3 is 2.82 bits per heavy atom. The molecular weight excluding hydrogens is 216 g/mol. The van der Waals surface area contributed by atoms with Gasteiger partial charge in [-0.1, -0.05) is 12.8 Å². The number of aryl methyl sites for hydroxylation is 1. The number of aliphatic hydroxyl groups is 1. The Labute approximate surface area is 102 Å². The van der Waals surface area contributed by atoms with Gasteiger partial charge in [-0.05, 0) is 31.9 Å². The van der Waals surface area contributed by atoms with E-state index >= 15 is 0 Å². The number of aromatic nitrogens is 1. The van der Waals surface area contributed by atoms with E-state index in [0.717, 1.165) is 31.4 Å². The smallest absolute Gasteiger partial charge is 0.253 e. The highest BCUT2D eigenvalue weighted by molar-refractivity contribution is 5.95. The fraction of sp³-hybridized carbons (Fsp3) is 0.538. The lowest BCUT2D eigenvalue weighted by Gasteiger charge is -2.06. The van der Waals surface area contributed by atoms with Crippen LogP contribution in [0.4, 0.5) is 0 Å². The Hall–Kier alpha value is -1.42. The molecule has 0 atom stereocenters. The van der Waals surface area contributed by atoms with Crippen LogP contribution >= 0.6 is 0 Å². The van der Waals surface area contributed by atoms with Crippen LogP contribution in [0.5, 0.6) is 0 Å². The molecule has 2 N–H and O–H groups in total. The first kappa shape index (κ1) is 13.6. The Morgan fingerprint density at radius 1 is 1.35 bits per heavy atom. The molecule has 1 aromatic heterocycles. The van der Waals surface area contributed by atoms with Gasteiger partial charge in [-0.15, -0.1) is 0 Å². The van der Waals surface area contributed by atoms with Crippen LogP contribution in [0.3, 0.4) is 0 Å². The van der Waals surface area contributed by atoms with Gasteiger partial charge in [-0.25, -0.2) is 0 Å². The third-order valence-corrected chi connectivity index (χ3v) is 2.62. The minimum Gasteiger partial charge on any atom is -0.396 e. The van der Waals surface area contributed by atoms with Crippen molar-refractivity contribution < 1.29 is 9.90 Å². The molecule has 4 nitrogen and oxygen atoms in total. The number of nitrogens with one attached hydrogen (secondary N) is 1. The summed E-state index contributed by atoms with van der Waals surface area (Å²) in [5.41, 5.74) is 1.40. The van der Waals surface area contributed by atoms with Crippen molar-refractivity contribution in [2.45, 2.75) is 32.6 Å². The van der Waals surface area contributed by atoms with Crippen LogP contribution in [0.15, 0.2) is 18.3 Å². The maximum atomic E-state index is 11.8. The Bertz CT molecular complexity index is 353. The van der Waals surface area contributed by atoms with Crippen LogP contribution in [0.1, 0.15) is 41.7 Å². The topological polar surface area (TPSA) is 62.2 Å². The second kappa shape index (κ2) is 7.79. The number of amides is 1. The van der Waals surface area contributed by atoms with Gasteiger partial charge in [-0.2, -0.15) is 0 Å². The zero-order chi connectivity index (χ0) is 12.5. The van der Waals surface area contributed by atoms with E-state index < -0.39 is 0 Å². The van der Waals surface area contributed by atoms with Gasteiger partial charge < -0.3 is 10.4 Å². The zero-order valence-electron chi connectivity index (χ0n) is 10.3. The van der Waals surface area contributed by atoms with Gasteiger partial charge in [0.1, 0.15) is 0 Å². The van der Waals surface area contributed by atoms with Gasteiger partial charge in [0.15, 0.2) is 0 Å². The number of aliphatic hydroxyl groups excluding tert-OH is 1. The molecule has 0 bridgehead atoms. The maximum absolute atomic E-state index is 11.8. The minimum absolute atomic E-state index is 0.0576. The largest absolute Gasteiger partial charge is 0.396 e. The summed E-state index contributed by atoms with van der Waals surface area (Å²) in [5.74, 6) is -0.0576. The van der Waals surface area contributed by atoms with Crippen molar-refractivity contribution in [3.05, 3.63) is 29.6 Å². The van der Waals surface area contributed by atoms with E-state index in [1.165, 1.54) is 0 Å². The quantitative estimate of drug-likeness (QED) is 0.708. The van der Waals surface area contributed by atoms with Crippen LogP contribution in [-0.2, 0) is 0 Å². The highest BCUT2D eigenvalue weighted by atomic mass is 16.2. The second-order valence-electron chi connectivity index (χ2n) is 4.03. The van der Waals surface area contributed by atoms with Crippen LogP contribution in [0, 0.1) is 6.92 Å². The Balaban J connectivity index is 2.24. The molecule has 0 aliphatic carbocycles. The summed E-state index contributed by atoms with van der Waals surface area (Å²) in [6.45, 7) is 2.76. The molecule has 94 valence electrons. The van der Waals surface area contributed by atoms with Crippen LogP contribution < -0.4 is 5.32 Å². The van der Waals surface area contributed by atoms with Crippen LogP contribution in [0.2, 0.25) is 0 Å². The van der Waals surface area contributed by atoms with Gasteiger partial charge in [0, 0.05) is 25.0 Å². The van der Waals surface area contributed by atoms with Crippen LogP contribution in [-0.4, -0.2) is 29.1 Å². The van der Waals surface area contributed by atoms with E-state index in [0.29, 0.717) is 12.1 Å². The molecule has 0 fully saturated rings. The van der Waals surface area contributed by atoms with Gasteiger partial charge in [-0.3, -0.25) is 9.78 Å². The molecule has 17 heavy (non-hydrogen) atoms. The second-order valence-corrected chi connectivity index (χ2v) is 4.03. The molecule has 0 unspecified atom stereocenters. The number of rotatable bonds is 7. The van der Waals surface area contributed by atoms with Gasteiger partial charge in [0.2, 0.25) is 0 Å². The minimum atomic E-state index is -0.0576. The fourth-order valence-electron chi connectivity index (χ4n) is 1.61. The summed E-state index contributed by atoms with van der Waals surface area (Å²) in [6.07, 6.45) is 5.52. The van der Waals surface area contributed by atoms with Crippen LogP contribution in [0.25, 0.3) is 0 Å². The van der Waals surface area contributed by atoms with Gasteiger partial charge in [0.25, 0.3) is 5.91 Å². The number of nitrogens with zero attached hydrogens (tertiary/aromatic N) is 1. The molecule has 0 aliphatic rings. The monoisotopic (exact) mass is 236 g/mol. The Kier molecular flexibility index (Phi) is 6.25. The molecule has 0 saturated heterocycles. The first-order valence-electron chi connectivity index (χ1n) is 6.06. The molecule has 1 amide bonds. The summed E-state index contributed by atoms with van der Waals surface area (Å²) in [4.78, 5) is 15.8. The number of hydrogen-bond donors (Lipinski definition) is 2. The van der Waals surface area contributed by atoms with E-state index in [-0.39, 0.29) is 12.5 Å². The fourth-order valence-corrected chi connectivity index (χ4v) is 1.61. The van der Waals surface area contributed by atoms with Crippen molar-refractivity contribution in [3.8, 4) is 0 Å². The average molecular weight is 236 g/mol. The van der Waals surface area contributed by atoms with E-state index in [9.17, 15) is 4.79 Å². The predicted molar refractivity (Wildman–Crippen MR) is 66.9 cm³/mol. The van der Waals surface area contributed by atoms with E-state index in [1.807, 2.05) is 6.92 Å². The molecule has 0 aliphatic heterocycles. The predicted octanol–water partition coefficient (Wildman–Crippen LogP) is 1.67. The molecule has 1 aromatic rings. The first-order valence-corrected chi connectivity index (χ1v) is 6.06. The van der Waals surface area contributed by atoms with Crippen molar-refractivity contribution in [1.82, 2.24) is 10.3 Å². The van der Waals surface area contributed by atoms with Gasteiger partial charge >= 0.3 is 0 Å². The highest BCUT2D eigenvalue weighted by Gasteiger charge is 2.07. The number of unbranched alkanes of at least 4 members (excludes halogenated alkanes) is 3. The van der Waals surface area contributed by atoms with E-state index in [1.54, 1.807) is 18.3 Å². The molecule has 0 saturated carbocycles. The maximum Gasteiger partial charge on any atom is 0.253 e. The van der Waals surface area contributed by atoms with E-state index in [2.05, 4.69) is 10.3 Å². The standard InChI is InChI=1S/C13H20N2O2/c1-11-12(7-6-9-14-11)13(17)15-8-4-2-3-5-10-16/h6-7,9,16H,2-5,8,10H2,1H3,(H,15,17). The summed E-state index contributed by atoms with van der Waals surface area (Å²) >= 11 is 0. The number of hydrogen-bond acceptors (Lipinski definition) is 3. The number of pyridine rings is 1. The third-order valence-electron chi connectivity index (χ3n) is 2.62. The van der Waals surface area contributed by atoms with E-state index in [4.69, 9.17) is 5.11 Å². The van der Waals surface area contributed by atoms with Crippen molar-refractivity contribution >= 4 is 5.91 Å². The normalized spacial score (nSPS) is 10.2. The molecule has 0 spiro atoms. The van der Waals surface area contributed by atoms with Crippen molar-refractivity contribution in [1.29, 1.82) is 0 Å². The molecule has 1 rings (SSSR count). The lowest BCUT2D eigenvalue weighted by atomic mass is 10.1. The summed E-state index contributed by atoms with van der Waals surface area (Å²) in [6, 6.07) is 3.55. The van der Waals surface area contributed by atoms with Crippen molar-refractivity contribution in [2.24, 2.45) is 0 Å². The molecule has 4 heteroatoms. The lowest BCUT2D eigenvalue weighted by molar-refractivity contribution is 0.0951. The Morgan fingerprint density at radius 2 is 2.12 bits per heavy atom. The number of carbonyl (C=O) groups excluding carboxylic acids is 1. The molecule has 1 heterocycles. The number of carbonyl (C=O) groups is 1. The van der Waals surface area contributed by atoms with Crippen molar-refractivity contribution in [3.63, 3.8) is 0 Å². The van der Waals surface area contributed by atoms with Crippen molar-refractivity contribution in [2.75, 3.05) is 13.2 Å². The van der Waals surface area contributed by atoms with Gasteiger partial charge in [0.05, 0.1) is 5.56 Å². The zero-order valence-corrected chi connectivity index (χ0v) is 10.3. The first-order chi connectivity index (χ1) is 8.25. The molecule has 0 aromatic carbocycles. The SMILES string of the molecule is Cc1ncccc1C(=O)NCCCCCCO. The molecule has 0 radical (unpaired) electrons. The lowest BCUT2D eigenvalue weighted by Crippen LogP contribution is -2.25.